The van der Waals surface area contributed by atoms with Gasteiger partial charge in [0.1, 0.15) is 0 Å². The van der Waals surface area contributed by atoms with Crippen LogP contribution in [0.3, 0.4) is 0 Å². The minimum atomic E-state index is 0.189. The molecule has 1 aromatic rings. The summed E-state index contributed by atoms with van der Waals surface area (Å²) < 4.78 is 5.56. The lowest BCUT2D eigenvalue weighted by molar-refractivity contribution is 0.131. The molecule has 2 aliphatic rings. The number of aromatic nitrogens is 2. The third-order valence-corrected chi connectivity index (χ3v) is 4.84. The molecule has 5 nitrogen and oxygen atoms in total. The van der Waals surface area contributed by atoms with Crippen LogP contribution in [0.15, 0.2) is 12.4 Å². The molecule has 2 aliphatic heterocycles. The molecule has 0 aromatic carbocycles. The van der Waals surface area contributed by atoms with Crippen LogP contribution in [0.25, 0.3) is 0 Å². The second-order valence-electron chi connectivity index (χ2n) is 6.44. The Balaban J connectivity index is 1.66. The van der Waals surface area contributed by atoms with Crippen LogP contribution in [0.5, 0.6) is 0 Å². The van der Waals surface area contributed by atoms with Crippen molar-refractivity contribution in [1.29, 1.82) is 0 Å². The second kappa shape index (κ2) is 5.30. The molecule has 3 rings (SSSR count). The lowest BCUT2D eigenvalue weighted by Gasteiger charge is -2.40. The van der Waals surface area contributed by atoms with E-state index in [0.29, 0.717) is 12.5 Å². The van der Waals surface area contributed by atoms with Crippen molar-refractivity contribution >= 4 is 5.95 Å². The first-order valence-corrected chi connectivity index (χ1v) is 7.51. The fourth-order valence-electron chi connectivity index (χ4n) is 3.13. The normalized spacial score (nSPS) is 25.6. The molecule has 110 valence electrons. The van der Waals surface area contributed by atoms with Gasteiger partial charge in [-0.2, -0.15) is 0 Å². The molecule has 0 bridgehead atoms. The van der Waals surface area contributed by atoms with E-state index in [1.807, 2.05) is 12.4 Å². The maximum absolute atomic E-state index is 6.21. The van der Waals surface area contributed by atoms with Crippen LogP contribution in [0.4, 0.5) is 5.95 Å². The molecule has 2 N–H and O–H groups in total. The van der Waals surface area contributed by atoms with Gasteiger partial charge in [0.05, 0.1) is 13.2 Å². The molecule has 2 saturated heterocycles. The highest BCUT2D eigenvalue weighted by molar-refractivity contribution is 5.31. The first kappa shape index (κ1) is 13.8. The third kappa shape index (κ3) is 2.40. The van der Waals surface area contributed by atoms with E-state index in [1.54, 1.807) is 0 Å². The van der Waals surface area contributed by atoms with Crippen molar-refractivity contribution in [2.24, 2.45) is 11.1 Å². The van der Waals surface area contributed by atoms with Crippen LogP contribution in [-0.4, -0.2) is 42.3 Å². The van der Waals surface area contributed by atoms with Crippen molar-refractivity contribution < 1.29 is 4.74 Å². The molecule has 2 fully saturated rings. The lowest BCUT2D eigenvalue weighted by Crippen LogP contribution is -2.49. The van der Waals surface area contributed by atoms with E-state index in [1.165, 1.54) is 5.56 Å². The van der Waals surface area contributed by atoms with E-state index >= 15 is 0 Å². The maximum atomic E-state index is 6.21. The highest BCUT2D eigenvalue weighted by Crippen LogP contribution is 2.39. The predicted octanol–water partition coefficient (Wildman–Crippen LogP) is 1.54. The molecule has 0 aliphatic carbocycles. The predicted molar refractivity (Wildman–Crippen MR) is 78.8 cm³/mol. The Morgan fingerprint density at radius 2 is 1.95 bits per heavy atom. The van der Waals surface area contributed by atoms with E-state index in [0.717, 1.165) is 38.5 Å². The number of rotatable bonds is 2. The molecular formula is C15H24N4O. The Kier molecular flexibility index (Phi) is 3.65. The lowest BCUT2D eigenvalue weighted by atomic mass is 9.75. The zero-order valence-electron chi connectivity index (χ0n) is 12.4. The van der Waals surface area contributed by atoms with Crippen molar-refractivity contribution in [3.8, 4) is 0 Å². The van der Waals surface area contributed by atoms with Crippen molar-refractivity contribution in [3.63, 3.8) is 0 Å². The van der Waals surface area contributed by atoms with Crippen LogP contribution in [0.2, 0.25) is 0 Å². The molecule has 1 atom stereocenters. The largest absolute Gasteiger partial charge is 0.379 e. The minimum absolute atomic E-state index is 0.189. The smallest absolute Gasteiger partial charge is 0.225 e. The van der Waals surface area contributed by atoms with Gasteiger partial charge in [-0.05, 0) is 24.3 Å². The van der Waals surface area contributed by atoms with Crippen molar-refractivity contribution in [3.05, 3.63) is 18.0 Å². The Morgan fingerprint density at radius 1 is 1.30 bits per heavy atom. The Morgan fingerprint density at radius 3 is 2.45 bits per heavy atom. The molecule has 20 heavy (non-hydrogen) atoms. The van der Waals surface area contributed by atoms with Gasteiger partial charge in [0, 0.05) is 36.9 Å². The average Bonchev–Trinajstić information content (AvgIpc) is 2.81. The fraction of sp³-hybridized carbons (Fsp3) is 0.733. The average molecular weight is 276 g/mol. The van der Waals surface area contributed by atoms with Crippen molar-refractivity contribution in [2.75, 3.05) is 31.2 Å². The van der Waals surface area contributed by atoms with E-state index in [9.17, 15) is 0 Å². The quantitative estimate of drug-likeness (QED) is 0.887. The van der Waals surface area contributed by atoms with E-state index in [2.05, 4.69) is 28.7 Å². The molecule has 1 aromatic heterocycles. The molecule has 1 spiro atoms. The second-order valence-corrected chi connectivity index (χ2v) is 6.44. The number of nitrogens with two attached hydrogens (primary N) is 1. The van der Waals surface area contributed by atoms with Crippen LogP contribution in [0, 0.1) is 5.41 Å². The van der Waals surface area contributed by atoms with Gasteiger partial charge >= 0.3 is 0 Å². The van der Waals surface area contributed by atoms with Crippen LogP contribution >= 0.6 is 0 Å². The maximum Gasteiger partial charge on any atom is 0.225 e. The summed E-state index contributed by atoms with van der Waals surface area (Å²) in [6, 6.07) is 0.189. The van der Waals surface area contributed by atoms with Crippen LogP contribution < -0.4 is 10.6 Å². The Bertz CT molecular complexity index is 451. The molecule has 0 amide bonds. The highest BCUT2D eigenvalue weighted by Gasteiger charge is 2.44. The fourth-order valence-corrected chi connectivity index (χ4v) is 3.13. The number of hydrogen-bond donors (Lipinski definition) is 1. The number of piperidine rings is 1. The summed E-state index contributed by atoms with van der Waals surface area (Å²) in [5, 5.41) is 0. The molecule has 0 saturated carbocycles. The van der Waals surface area contributed by atoms with Gasteiger partial charge in [0.2, 0.25) is 5.95 Å². The Labute approximate surface area is 120 Å². The summed E-state index contributed by atoms with van der Waals surface area (Å²) in [6.07, 6.45) is 6.04. The SMILES string of the molecule is CC(C)c1cnc(N2CCC3(CC2)COCC3N)nc1. The summed E-state index contributed by atoms with van der Waals surface area (Å²) in [4.78, 5) is 11.3. The number of ether oxygens (including phenoxy) is 1. The summed E-state index contributed by atoms with van der Waals surface area (Å²) in [5.74, 6) is 1.32. The van der Waals surface area contributed by atoms with Gasteiger partial charge in [-0.15, -0.1) is 0 Å². The third-order valence-electron chi connectivity index (χ3n) is 4.84. The summed E-state index contributed by atoms with van der Waals surface area (Å²) in [7, 11) is 0. The molecule has 5 heteroatoms. The monoisotopic (exact) mass is 276 g/mol. The molecular weight excluding hydrogens is 252 g/mol. The topological polar surface area (TPSA) is 64.3 Å². The number of anilines is 1. The van der Waals surface area contributed by atoms with Gasteiger partial charge in [-0.3, -0.25) is 0 Å². The first-order chi connectivity index (χ1) is 9.61. The van der Waals surface area contributed by atoms with Gasteiger partial charge in [0.15, 0.2) is 0 Å². The zero-order chi connectivity index (χ0) is 14.2. The summed E-state index contributed by atoms with van der Waals surface area (Å²) in [5.41, 5.74) is 7.58. The highest BCUT2D eigenvalue weighted by atomic mass is 16.5. The molecule has 1 unspecified atom stereocenters. The number of nitrogens with zero attached hydrogens (tertiary/aromatic N) is 3. The molecule has 0 radical (unpaired) electrons. The van der Waals surface area contributed by atoms with Gasteiger partial charge in [0.25, 0.3) is 0 Å². The minimum Gasteiger partial charge on any atom is -0.379 e. The standard InChI is InChI=1S/C15H24N4O/c1-11(2)12-7-17-14(18-8-12)19-5-3-15(4-6-19)10-20-9-13(15)16/h7-8,11,13H,3-6,9-10,16H2,1-2H3. The zero-order valence-corrected chi connectivity index (χ0v) is 12.4. The van der Waals surface area contributed by atoms with Gasteiger partial charge < -0.3 is 15.4 Å². The van der Waals surface area contributed by atoms with E-state index in [4.69, 9.17) is 10.5 Å². The van der Waals surface area contributed by atoms with Gasteiger partial charge in [-0.25, -0.2) is 9.97 Å². The number of hydrogen-bond acceptors (Lipinski definition) is 5. The van der Waals surface area contributed by atoms with Crippen LogP contribution in [0.1, 0.15) is 38.2 Å². The van der Waals surface area contributed by atoms with Crippen LogP contribution in [-0.2, 0) is 4.74 Å². The Hall–Kier alpha value is -1.20. The van der Waals surface area contributed by atoms with E-state index in [-0.39, 0.29) is 11.5 Å². The van der Waals surface area contributed by atoms with Crippen molar-refractivity contribution in [2.45, 2.75) is 38.6 Å². The summed E-state index contributed by atoms with van der Waals surface area (Å²) in [6.45, 7) is 7.78. The molecule has 3 heterocycles. The first-order valence-electron chi connectivity index (χ1n) is 7.51. The van der Waals surface area contributed by atoms with Crippen molar-refractivity contribution in [1.82, 2.24) is 9.97 Å². The van der Waals surface area contributed by atoms with E-state index < -0.39 is 0 Å². The van der Waals surface area contributed by atoms with Gasteiger partial charge in [-0.1, -0.05) is 13.8 Å². The summed E-state index contributed by atoms with van der Waals surface area (Å²) >= 11 is 0.